The van der Waals surface area contributed by atoms with Gasteiger partial charge >= 0.3 is 5.97 Å². The van der Waals surface area contributed by atoms with Crippen LogP contribution >= 0.6 is 0 Å². The summed E-state index contributed by atoms with van der Waals surface area (Å²) in [7, 11) is 1.29. The molecule has 1 aliphatic heterocycles. The molecule has 0 bridgehead atoms. The summed E-state index contributed by atoms with van der Waals surface area (Å²) in [5, 5.41) is 0. The molecule has 5 nitrogen and oxygen atoms in total. The molecule has 1 aliphatic carbocycles. The number of halogens is 1. The van der Waals surface area contributed by atoms with Gasteiger partial charge in [-0.3, -0.25) is 19.3 Å². The first kappa shape index (κ1) is 16.4. The van der Waals surface area contributed by atoms with Gasteiger partial charge in [0.2, 0.25) is 0 Å². The predicted octanol–water partition coefficient (Wildman–Crippen LogP) is 2.70. The van der Waals surface area contributed by atoms with Gasteiger partial charge in [0.15, 0.2) is 0 Å². The second-order valence-corrected chi connectivity index (χ2v) is 6.67. The Bertz CT molecular complexity index is 881. The first-order valence-electron chi connectivity index (χ1n) is 8.29. The number of imide groups is 1. The van der Waals surface area contributed by atoms with E-state index in [0.717, 1.165) is 0 Å². The van der Waals surface area contributed by atoms with Crippen LogP contribution in [0, 0.1) is 5.82 Å². The smallest absolute Gasteiger partial charge is 0.316 e. The fourth-order valence-electron chi connectivity index (χ4n) is 3.95. The Balaban J connectivity index is 1.63. The maximum absolute atomic E-state index is 13.2. The summed E-state index contributed by atoms with van der Waals surface area (Å²) in [6.07, 6.45) is 0.521. The van der Waals surface area contributed by atoms with Gasteiger partial charge in [0.1, 0.15) is 5.82 Å². The van der Waals surface area contributed by atoms with Crippen LogP contribution in [0.25, 0.3) is 0 Å². The SMILES string of the molecule is COC(=O)[C@]1(c2ccc(F)cc2)C[C@@H](N2C(=O)c3ccccc3C2=O)C1. The number of rotatable bonds is 3. The number of fused-ring (bicyclic) bond motifs is 1. The van der Waals surface area contributed by atoms with E-state index in [1.807, 2.05) is 0 Å². The van der Waals surface area contributed by atoms with Crippen molar-refractivity contribution in [2.75, 3.05) is 7.11 Å². The molecule has 0 radical (unpaired) electrons. The third kappa shape index (κ3) is 2.18. The molecular weight excluding hydrogens is 337 g/mol. The molecule has 1 heterocycles. The fourth-order valence-corrected chi connectivity index (χ4v) is 3.95. The van der Waals surface area contributed by atoms with Gasteiger partial charge in [-0.15, -0.1) is 0 Å². The van der Waals surface area contributed by atoms with Gasteiger partial charge in [-0.25, -0.2) is 4.39 Å². The lowest BCUT2D eigenvalue weighted by atomic mass is 9.61. The summed E-state index contributed by atoms with van der Waals surface area (Å²) in [6.45, 7) is 0. The van der Waals surface area contributed by atoms with Crippen molar-refractivity contribution in [3.8, 4) is 0 Å². The van der Waals surface area contributed by atoms with Gasteiger partial charge in [0, 0.05) is 6.04 Å². The Kier molecular flexibility index (Phi) is 3.64. The summed E-state index contributed by atoms with van der Waals surface area (Å²) in [4.78, 5) is 38.9. The van der Waals surface area contributed by atoms with Gasteiger partial charge in [-0.05, 0) is 42.7 Å². The lowest BCUT2D eigenvalue weighted by molar-refractivity contribution is -0.153. The largest absolute Gasteiger partial charge is 0.468 e. The Labute approximate surface area is 149 Å². The number of nitrogens with zero attached hydrogens (tertiary/aromatic N) is 1. The number of hydrogen-bond donors (Lipinski definition) is 0. The lowest BCUT2D eigenvalue weighted by Crippen LogP contribution is -2.58. The Hall–Kier alpha value is -3.02. The van der Waals surface area contributed by atoms with Gasteiger partial charge in [-0.1, -0.05) is 24.3 Å². The van der Waals surface area contributed by atoms with Crippen LogP contribution in [0.2, 0.25) is 0 Å². The minimum atomic E-state index is -0.970. The van der Waals surface area contributed by atoms with E-state index in [2.05, 4.69) is 0 Å². The quantitative estimate of drug-likeness (QED) is 0.629. The highest BCUT2D eigenvalue weighted by molar-refractivity contribution is 6.21. The maximum atomic E-state index is 13.2. The van der Waals surface area contributed by atoms with Crippen LogP contribution in [0.1, 0.15) is 39.1 Å². The average Bonchev–Trinajstić information content (AvgIpc) is 2.87. The van der Waals surface area contributed by atoms with Crippen molar-refractivity contribution in [2.45, 2.75) is 24.3 Å². The molecule has 2 aromatic rings. The molecule has 1 fully saturated rings. The van der Waals surface area contributed by atoms with Crippen molar-refractivity contribution in [1.82, 2.24) is 4.90 Å². The van der Waals surface area contributed by atoms with Crippen LogP contribution in [0.5, 0.6) is 0 Å². The second kappa shape index (κ2) is 5.76. The van der Waals surface area contributed by atoms with Crippen molar-refractivity contribution in [3.05, 3.63) is 71.0 Å². The highest BCUT2D eigenvalue weighted by atomic mass is 19.1. The number of benzene rings is 2. The predicted molar refractivity (Wildman–Crippen MR) is 90.1 cm³/mol. The van der Waals surface area contributed by atoms with E-state index in [4.69, 9.17) is 4.74 Å². The molecule has 4 rings (SSSR count). The number of amides is 2. The standard InChI is InChI=1S/C20H16FNO4/c1-26-19(25)20(12-6-8-13(21)9-7-12)10-14(11-20)22-17(23)15-4-2-3-5-16(15)18(22)24/h2-9,14H,10-11H2,1H3/t14-,20-. The second-order valence-electron chi connectivity index (χ2n) is 6.67. The number of methoxy groups -OCH3 is 1. The molecule has 2 aliphatic rings. The van der Waals surface area contributed by atoms with E-state index in [9.17, 15) is 18.8 Å². The van der Waals surface area contributed by atoms with E-state index in [-0.39, 0.29) is 24.7 Å². The number of carbonyl (C=O) groups is 3. The highest BCUT2D eigenvalue weighted by Crippen LogP contribution is 2.48. The molecule has 0 N–H and O–H groups in total. The van der Waals surface area contributed by atoms with Crippen molar-refractivity contribution in [1.29, 1.82) is 0 Å². The Morgan fingerprint density at radius 2 is 1.58 bits per heavy atom. The van der Waals surface area contributed by atoms with Crippen LogP contribution in [-0.2, 0) is 14.9 Å². The maximum Gasteiger partial charge on any atom is 0.316 e. The Morgan fingerprint density at radius 3 is 2.08 bits per heavy atom. The zero-order valence-electron chi connectivity index (χ0n) is 14.1. The fraction of sp³-hybridized carbons (Fsp3) is 0.250. The van der Waals surface area contributed by atoms with Crippen molar-refractivity contribution in [2.24, 2.45) is 0 Å². The average molecular weight is 353 g/mol. The molecule has 0 saturated heterocycles. The monoisotopic (exact) mass is 353 g/mol. The van der Waals surface area contributed by atoms with Crippen LogP contribution in [0.15, 0.2) is 48.5 Å². The topological polar surface area (TPSA) is 63.7 Å². The van der Waals surface area contributed by atoms with E-state index in [1.165, 1.54) is 24.1 Å². The molecular formula is C20H16FNO4. The van der Waals surface area contributed by atoms with Crippen LogP contribution in [-0.4, -0.2) is 35.8 Å². The number of hydrogen-bond acceptors (Lipinski definition) is 4. The van der Waals surface area contributed by atoms with Crippen LogP contribution in [0.3, 0.4) is 0 Å². The first-order chi connectivity index (χ1) is 12.5. The molecule has 2 aromatic carbocycles. The Morgan fingerprint density at radius 1 is 1.04 bits per heavy atom. The zero-order chi connectivity index (χ0) is 18.5. The van der Waals surface area contributed by atoms with Crippen molar-refractivity contribution in [3.63, 3.8) is 0 Å². The summed E-state index contributed by atoms with van der Waals surface area (Å²) in [5.74, 6) is -1.52. The number of carbonyl (C=O) groups excluding carboxylic acids is 3. The summed E-state index contributed by atoms with van der Waals surface area (Å²) in [5.41, 5.74) is 0.422. The lowest BCUT2D eigenvalue weighted by Gasteiger charge is -2.48. The molecule has 6 heteroatoms. The van der Waals surface area contributed by atoms with Crippen molar-refractivity contribution < 1.29 is 23.5 Å². The molecule has 26 heavy (non-hydrogen) atoms. The molecule has 0 spiro atoms. The third-order valence-corrected chi connectivity index (χ3v) is 5.33. The number of ether oxygens (including phenoxy) is 1. The highest BCUT2D eigenvalue weighted by Gasteiger charge is 2.57. The minimum absolute atomic E-state index is 0.261. The minimum Gasteiger partial charge on any atom is -0.468 e. The van der Waals surface area contributed by atoms with E-state index >= 15 is 0 Å². The molecule has 2 amide bonds. The molecule has 132 valence electrons. The zero-order valence-corrected chi connectivity index (χ0v) is 14.1. The molecule has 1 saturated carbocycles. The molecule has 0 atom stereocenters. The molecule has 0 aromatic heterocycles. The summed E-state index contributed by atoms with van der Waals surface area (Å²) >= 11 is 0. The van der Waals surface area contributed by atoms with E-state index in [1.54, 1.807) is 36.4 Å². The van der Waals surface area contributed by atoms with Gasteiger partial charge in [0.25, 0.3) is 11.8 Å². The third-order valence-electron chi connectivity index (χ3n) is 5.33. The summed E-state index contributed by atoms with van der Waals surface area (Å²) in [6, 6.07) is 12.0. The van der Waals surface area contributed by atoms with E-state index in [0.29, 0.717) is 16.7 Å². The first-order valence-corrected chi connectivity index (χ1v) is 8.29. The van der Waals surface area contributed by atoms with Crippen molar-refractivity contribution >= 4 is 17.8 Å². The van der Waals surface area contributed by atoms with Gasteiger partial charge < -0.3 is 4.74 Å². The van der Waals surface area contributed by atoms with Gasteiger partial charge in [0.05, 0.1) is 23.7 Å². The van der Waals surface area contributed by atoms with Gasteiger partial charge in [-0.2, -0.15) is 0 Å². The van der Waals surface area contributed by atoms with Crippen LogP contribution < -0.4 is 0 Å². The molecule has 0 unspecified atom stereocenters. The number of esters is 1. The summed E-state index contributed by atoms with van der Waals surface area (Å²) < 4.78 is 18.2. The normalized spacial score (nSPS) is 24.2. The van der Waals surface area contributed by atoms with E-state index < -0.39 is 23.2 Å². The van der Waals surface area contributed by atoms with Crippen LogP contribution in [0.4, 0.5) is 4.39 Å².